The van der Waals surface area contributed by atoms with Gasteiger partial charge in [-0.1, -0.05) is 48.5 Å². The minimum atomic E-state index is -1.06. The molecule has 0 aliphatic rings. The molecule has 142 valence electrons. The number of benzene rings is 3. The van der Waals surface area contributed by atoms with E-state index in [0.717, 1.165) is 0 Å². The molecule has 0 spiro atoms. The zero-order valence-electron chi connectivity index (χ0n) is 15.0. The maximum atomic E-state index is 12.8. The molecule has 0 unspecified atom stereocenters. The van der Waals surface area contributed by atoms with E-state index in [0.29, 0.717) is 22.7 Å². The summed E-state index contributed by atoms with van der Waals surface area (Å²) < 4.78 is 10.6. The van der Waals surface area contributed by atoms with E-state index >= 15 is 0 Å². The lowest BCUT2D eigenvalue weighted by atomic mass is 10.2. The molecule has 3 aromatic rings. The Morgan fingerprint density at radius 3 is 2.00 bits per heavy atom. The molecule has 6 nitrogen and oxygen atoms in total. The number of ether oxygens (including phenoxy) is 2. The lowest BCUT2D eigenvalue weighted by molar-refractivity contribution is -0.139. The minimum absolute atomic E-state index is 0.0271. The fourth-order valence-corrected chi connectivity index (χ4v) is 2.59. The smallest absolute Gasteiger partial charge is 0.419 e. The molecule has 0 aliphatic carbocycles. The number of para-hydroxylation sites is 2. The molecule has 6 heteroatoms. The summed E-state index contributed by atoms with van der Waals surface area (Å²) in [6, 6.07) is 25.2. The highest BCUT2D eigenvalue weighted by atomic mass is 16.6. The molecule has 0 atom stereocenters. The van der Waals surface area contributed by atoms with E-state index in [4.69, 9.17) is 14.6 Å². The number of carbonyl (C=O) groups excluding carboxylic acids is 1. The Balaban J connectivity index is 1.73. The average molecular weight is 377 g/mol. The SMILES string of the molecule is O=C(O)COc1cccc(COC(=O)N(c2ccccc2)c2ccccc2)c1. The molecule has 1 amide bonds. The second-order valence-corrected chi connectivity index (χ2v) is 5.89. The molecule has 28 heavy (non-hydrogen) atoms. The van der Waals surface area contributed by atoms with Crippen LogP contribution < -0.4 is 9.64 Å². The van der Waals surface area contributed by atoms with Crippen LogP contribution in [0.15, 0.2) is 84.9 Å². The number of rotatable bonds is 7. The normalized spacial score (nSPS) is 10.1. The van der Waals surface area contributed by atoms with Gasteiger partial charge in [-0.25, -0.2) is 14.5 Å². The number of hydrogen-bond acceptors (Lipinski definition) is 4. The van der Waals surface area contributed by atoms with Gasteiger partial charge in [-0.05, 0) is 42.0 Å². The lowest BCUT2D eigenvalue weighted by Gasteiger charge is -2.22. The van der Waals surface area contributed by atoms with Crippen molar-refractivity contribution in [2.45, 2.75) is 6.61 Å². The molecule has 1 N–H and O–H groups in total. The van der Waals surface area contributed by atoms with Crippen molar-refractivity contribution >= 4 is 23.4 Å². The molecule has 0 aromatic heterocycles. The Bertz CT molecular complexity index is 888. The molecule has 0 saturated heterocycles. The third-order valence-corrected chi connectivity index (χ3v) is 3.83. The first-order chi connectivity index (χ1) is 13.6. The van der Waals surface area contributed by atoms with Crippen molar-refractivity contribution in [2.75, 3.05) is 11.5 Å². The van der Waals surface area contributed by atoms with Crippen molar-refractivity contribution in [3.05, 3.63) is 90.5 Å². The van der Waals surface area contributed by atoms with Gasteiger partial charge in [0.15, 0.2) is 6.61 Å². The second kappa shape index (κ2) is 9.23. The molecule has 0 radical (unpaired) electrons. The van der Waals surface area contributed by atoms with Gasteiger partial charge in [-0.2, -0.15) is 0 Å². The minimum Gasteiger partial charge on any atom is -0.482 e. The highest BCUT2D eigenvalue weighted by molar-refractivity contribution is 5.95. The van der Waals surface area contributed by atoms with Crippen molar-refractivity contribution in [3.63, 3.8) is 0 Å². The standard InChI is InChI=1S/C22H19NO5/c24-21(25)16-27-20-13-7-8-17(14-20)15-28-22(26)23(18-9-3-1-4-10-18)19-11-5-2-6-12-19/h1-14H,15-16H2,(H,24,25). The van der Waals surface area contributed by atoms with Crippen LogP contribution in [-0.4, -0.2) is 23.8 Å². The highest BCUT2D eigenvalue weighted by Gasteiger charge is 2.19. The molecule has 3 rings (SSSR count). The average Bonchev–Trinajstić information content (AvgIpc) is 2.73. The molecule has 0 aliphatic heterocycles. The third-order valence-electron chi connectivity index (χ3n) is 3.83. The van der Waals surface area contributed by atoms with Crippen LogP contribution in [0, 0.1) is 0 Å². The number of carboxylic acid groups (broad SMARTS) is 1. The number of aliphatic carboxylic acids is 1. The maximum Gasteiger partial charge on any atom is 0.419 e. The van der Waals surface area contributed by atoms with E-state index in [9.17, 15) is 9.59 Å². The van der Waals surface area contributed by atoms with Crippen LogP contribution in [-0.2, 0) is 16.1 Å². The third kappa shape index (κ3) is 5.11. The van der Waals surface area contributed by atoms with Gasteiger partial charge in [0.2, 0.25) is 0 Å². The lowest BCUT2D eigenvalue weighted by Crippen LogP contribution is -2.26. The van der Waals surface area contributed by atoms with Gasteiger partial charge < -0.3 is 14.6 Å². The van der Waals surface area contributed by atoms with Crippen molar-refractivity contribution in [3.8, 4) is 5.75 Å². The summed E-state index contributed by atoms with van der Waals surface area (Å²) in [4.78, 5) is 24.9. The van der Waals surface area contributed by atoms with Crippen LogP contribution in [0.3, 0.4) is 0 Å². The zero-order chi connectivity index (χ0) is 19.8. The predicted octanol–water partition coefficient (Wildman–Crippen LogP) is 4.62. The van der Waals surface area contributed by atoms with Gasteiger partial charge >= 0.3 is 12.1 Å². The molecule has 0 bridgehead atoms. The Hall–Kier alpha value is -3.80. The van der Waals surface area contributed by atoms with Gasteiger partial charge in [0.05, 0.1) is 11.4 Å². The Morgan fingerprint density at radius 1 is 0.821 bits per heavy atom. The van der Waals surface area contributed by atoms with Crippen LogP contribution in [0.2, 0.25) is 0 Å². The van der Waals surface area contributed by atoms with E-state index in [1.165, 1.54) is 4.90 Å². The summed E-state index contributed by atoms with van der Waals surface area (Å²) in [5.41, 5.74) is 2.08. The predicted molar refractivity (Wildman–Crippen MR) is 105 cm³/mol. The largest absolute Gasteiger partial charge is 0.482 e. The fraction of sp³-hybridized carbons (Fsp3) is 0.0909. The summed E-state index contributed by atoms with van der Waals surface area (Å²) in [5, 5.41) is 8.70. The van der Waals surface area contributed by atoms with Crippen molar-refractivity contribution in [1.29, 1.82) is 0 Å². The number of carbonyl (C=O) groups is 2. The number of amides is 1. The van der Waals surface area contributed by atoms with E-state index in [1.54, 1.807) is 24.3 Å². The van der Waals surface area contributed by atoms with Gasteiger partial charge in [0.25, 0.3) is 0 Å². The molecule has 0 heterocycles. The van der Waals surface area contributed by atoms with Crippen LogP contribution >= 0.6 is 0 Å². The summed E-state index contributed by atoms with van der Waals surface area (Å²) in [5.74, 6) is -0.655. The quantitative estimate of drug-likeness (QED) is 0.650. The van der Waals surface area contributed by atoms with Crippen LogP contribution in [0.1, 0.15) is 5.56 Å². The summed E-state index contributed by atoms with van der Waals surface area (Å²) in [6.45, 7) is -0.404. The van der Waals surface area contributed by atoms with Gasteiger partial charge in [0, 0.05) is 0 Å². The summed E-state index contributed by atoms with van der Waals surface area (Å²) in [6.07, 6.45) is -0.519. The second-order valence-electron chi connectivity index (χ2n) is 5.89. The van der Waals surface area contributed by atoms with Crippen molar-refractivity contribution in [2.24, 2.45) is 0 Å². The first-order valence-electron chi connectivity index (χ1n) is 8.64. The molecule has 0 saturated carbocycles. The van der Waals surface area contributed by atoms with Crippen LogP contribution in [0.25, 0.3) is 0 Å². The number of carboxylic acids is 1. The van der Waals surface area contributed by atoms with Gasteiger partial charge in [0.1, 0.15) is 12.4 Å². The van der Waals surface area contributed by atoms with E-state index in [1.807, 2.05) is 60.7 Å². The fourth-order valence-electron chi connectivity index (χ4n) is 2.59. The summed E-state index contributed by atoms with van der Waals surface area (Å²) >= 11 is 0. The first-order valence-corrected chi connectivity index (χ1v) is 8.64. The zero-order valence-corrected chi connectivity index (χ0v) is 15.0. The number of hydrogen-bond donors (Lipinski definition) is 1. The van der Waals surface area contributed by atoms with Gasteiger partial charge in [-0.3, -0.25) is 0 Å². The van der Waals surface area contributed by atoms with Crippen LogP contribution in [0.4, 0.5) is 16.2 Å². The van der Waals surface area contributed by atoms with E-state index in [2.05, 4.69) is 0 Å². The number of nitrogens with zero attached hydrogens (tertiary/aromatic N) is 1. The maximum absolute atomic E-state index is 12.8. The molecular formula is C22H19NO5. The molecule has 3 aromatic carbocycles. The van der Waals surface area contributed by atoms with Gasteiger partial charge in [-0.15, -0.1) is 0 Å². The molecule has 0 fully saturated rings. The number of anilines is 2. The highest BCUT2D eigenvalue weighted by Crippen LogP contribution is 2.26. The van der Waals surface area contributed by atoms with Crippen molar-refractivity contribution in [1.82, 2.24) is 0 Å². The monoisotopic (exact) mass is 377 g/mol. The first kappa shape index (κ1) is 19.0. The summed E-state index contributed by atoms with van der Waals surface area (Å²) in [7, 11) is 0. The topological polar surface area (TPSA) is 76.1 Å². The Kier molecular flexibility index (Phi) is 6.25. The van der Waals surface area contributed by atoms with E-state index < -0.39 is 18.7 Å². The van der Waals surface area contributed by atoms with Crippen molar-refractivity contribution < 1.29 is 24.2 Å². The Labute approximate surface area is 162 Å². The van der Waals surface area contributed by atoms with E-state index in [-0.39, 0.29) is 6.61 Å². The molecular weight excluding hydrogens is 358 g/mol. The Morgan fingerprint density at radius 2 is 1.43 bits per heavy atom. The van der Waals surface area contributed by atoms with Crippen LogP contribution in [0.5, 0.6) is 5.75 Å².